The van der Waals surface area contributed by atoms with Gasteiger partial charge in [0, 0.05) is 33.2 Å². The molecular formula is C28H60N3. The van der Waals surface area contributed by atoms with Crippen molar-refractivity contribution in [3.05, 3.63) is 6.92 Å². The second-order valence-corrected chi connectivity index (χ2v) is 15.4. The molecule has 0 heterocycles. The lowest BCUT2D eigenvalue weighted by atomic mass is 9.80. The summed E-state index contributed by atoms with van der Waals surface area (Å²) in [7, 11) is 0. The average Bonchev–Trinajstić information content (AvgIpc) is 2.25. The summed E-state index contributed by atoms with van der Waals surface area (Å²) in [6.07, 6.45) is 1.83. The third-order valence-corrected chi connectivity index (χ3v) is 5.61. The Kier molecular flexibility index (Phi) is 8.88. The number of hydrogen-bond acceptors (Lipinski definition) is 3. The molecule has 0 aromatic rings. The first-order valence-electron chi connectivity index (χ1n) is 12.4. The van der Waals surface area contributed by atoms with Crippen LogP contribution in [0, 0.1) is 6.92 Å². The molecule has 0 amide bonds. The molecule has 187 valence electrons. The number of rotatable bonds is 5. The number of nitrogens with zero attached hydrogens (tertiary/aromatic N) is 3. The molecule has 0 aromatic carbocycles. The lowest BCUT2D eigenvalue weighted by molar-refractivity contribution is -0.310. The van der Waals surface area contributed by atoms with Crippen LogP contribution in [-0.2, 0) is 0 Å². The topological polar surface area (TPSA) is 9.72 Å². The Labute approximate surface area is 198 Å². The molecule has 31 heavy (non-hydrogen) atoms. The second kappa shape index (κ2) is 8.91. The van der Waals surface area contributed by atoms with E-state index in [0.717, 1.165) is 12.8 Å². The van der Waals surface area contributed by atoms with Crippen LogP contribution in [0.3, 0.4) is 0 Å². The summed E-state index contributed by atoms with van der Waals surface area (Å²) in [6, 6.07) is 0. The van der Waals surface area contributed by atoms with E-state index >= 15 is 0 Å². The summed E-state index contributed by atoms with van der Waals surface area (Å²) in [5.41, 5.74) is -0.352. The van der Waals surface area contributed by atoms with Crippen molar-refractivity contribution in [2.24, 2.45) is 0 Å². The normalized spacial score (nSPS) is 16.1. The Morgan fingerprint density at radius 3 is 0.645 bits per heavy atom. The van der Waals surface area contributed by atoms with E-state index in [0.29, 0.717) is 0 Å². The summed E-state index contributed by atoms with van der Waals surface area (Å²) in [5, 5.41) is 0. The van der Waals surface area contributed by atoms with Crippen LogP contribution in [0.15, 0.2) is 0 Å². The third kappa shape index (κ3) is 6.93. The fourth-order valence-corrected chi connectivity index (χ4v) is 7.11. The van der Waals surface area contributed by atoms with E-state index in [4.69, 9.17) is 0 Å². The first kappa shape index (κ1) is 30.9. The standard InChI is InChI=1S/C28H60N3/c1-20-21-28(29(22(2,3)4)23(5,6)7,30(24(8,9)10)25(11,12)13)31(26(14,15)16)27(17,18)19/h1,20-21H2,2-19H3. The lowest BCUT2D eigenvalue weighted by Gasteiger charge is -2.73. The lowest BCUT2D eigenvalue weighted by Crippen LogP contribution is -2.85. The van der Waals surface area contributed by atoms with Crippen LogP contribution in [0.1, 0.15) is 137 Å². The summed E-state index contributed by atoms with van der Waals surface area (Å²) in [5.74, 6) is -0.356. The highest BCUT2D eigenvalue weighted by Gasteiger charge is 2.62. The van der Waals surface area contributed by atoms with Crippen molar-refractivity contribution in [1.82, 2.24) is 14.7 Å². The minimum atomic E-state index is -0.356. The van der Waals surface area contributed by atoms with Gasteiger partial charge in [-0.25, -0.2) is 0 Å². The van der Waals surface area contributed by atoms with Gasteiger partial charge in [0.1, 0.15) is 5.79 Å². The number of hydrogen-bond donors (Lipinski definition) is 0. The molecule has 0 aromatic heterocycles. The monoisotopic (exact) mass is 438 g/mol. The van der Waals surface area contributed by atoms with Gasteiger partial charge < -0.3 is 0 Å². The van der Waals surface area contributed by atoms with E-state index in [2.05, 4.69) is 146 Å². The highest BCUT2D eigenvalue weighted by atomic mass is 15.6. The molecule has 0 saturated heterocycles. The van der Waals surface area contributed by atoms with Crippen LogP contribution >= 0.6 is 0 Å². The zero-order valence-corrected chi connectivity index (χ0v) is 25.0. The molecule has 0 aliphatic heterocycles. The zero-order valence-electron chi connectivity index (χ0n) is 25.0. The summed E-state index contributed by atoms with van der Waals surface area (Å²) >= 11 is 0. The largest absolute Gasteiger partial charge is 0.263 e. The van der Waals surface area contributed by atoms with Gasteiger partial charge in [-0.05, 0) is 137 Å². The van der Waals surface area contributed by atoms with Gasteiger partial charge in [-0.1, -0.05) is 6.92 Å². The van der Waals surface area contributed by atoms with E-state index in [-0.39, 0.29) is 39.0 Å². The molecule has 0 fully saturated rings. The molecule has 0 spiro atoms. The van der Waals surface area contributed by atoms with Crippen LogP contribution in [0.4, 0.5) is 0 Å². The predicted molar refractivity (Wildman–Crippen MR) is 141 cm³/mol. The van der Waals surface area contributed by atoms with Crippen molar-refractivity contribution < 1.29 is 0 Å². The van der Waals surface area contributed by atoms with Gasteiger partial charge >= 0.3 is 0 Å². The Balaban J connectivity index is 8.09. The molecular weight excluding hydrogens is 378 g/mol. The van der Waals surface area contributed by atoms with E-state index in [9.17, 15) is 0 Å². The predicted octanol–water partition coefficient (Wildman–Crippen LogP) is 7.95. The van der Waals surface area contributed by atoms with Crippen molar-refractivity contribution in [3.8, 4) is 0 Å². The molecule has 3 heteroatoms. The van der Waals surface area contributed by atoms with Gasteiger partial charge in [0.15, 0.2) is 0 Å². The zero-order chi connectivity index (χ0) is 25.6. The minimum absolute atomic E-state index is 0.0586. The van der Waals surface area contributed by atoms with Crippen LogP contribution in [0.2, 0.25) is 0 Å². The fourth-order valence-electron chi connectivity index (χ4n) is 7.11. The van der Waals surface area contributed by atoms with Gasteiger partial charge in [-0.3, -0.25) is 14.7 Å². The average molecular weight is 439 g/mol. The van der Waals surface area contributed by atoms with Gasteiger partial charge in [-0.2, -0.15) is 0 Å². The van der Waals surface area contributed by atoms with E-state index < -0.39 is 0 Å². The first-order valence-corrected chi connectivity index (χ1v) is 12.4. The smallest absolute Gasteiger partial charge is 0.133 e. The van der Waals surface area contributed by atoms with E-state index in [1.54, 1.807) is 0 Å². The third-order valence-electron chi connectivity index (χ3n) is 5.61. The minimum Gasteiger partial charge on any atom is -0.263 e. The van der Waals surface area contributed by atoms with Gasteiger partial charge in [0.25, 0.3) is 0 Å². The van der Waals surface area contributed by atoms with Crippen molar-refractivity contribution in [2.45, 2.75) is 176 Å². The molecule has 0 N–H and O–H groups in total. The van der Waals surface area contributed by atoms with Crippen LogP contribution in [-0.4, -0.2) is 53.7 Å². The SMILES string of the molecule is [CH2]CCC(N(C(C)(C)C)C(C)(C)C)(N(C(C)(C)C)C(C)(C)C)N(C(C)(C)C)C(C)(C)C. The molecule has 1 radical (unpaired) electrons. The molecule has 0 aliphatic rings. The summed E-state index contributed by atoms with van der Waals surface area (Å²) in [4.78, 5) is 8.39. The molecule has 0 atom stereocenters. The Morgan fingerprint density at radius 2 is 0.548 bits per heavy atom. The highest BCUT2D eigenvalue weighted by Crippen LogP contribution is 2.51. The summed E-state index contributed by atoms with van der Waals surface area (Å²) in [6.45, 7) is 47.2. The maximum Gasteiger partial charge on any atom is 0.133 e. The van der Waals surface area contributed by atoms with Gasteiger partial charge in [0.2, 0.25) is 0 Å². The quantitative estimate of drug-likeness (QED) is 0.403. The van der Waals surface area contributed by atoms with Gasteiger partial charge in [-0.15, -0.1) is 0 Å². The maximum absolute atomic E-state index is 4.43. The van der Waals surface area contributed by atoms with Crippen LogP contribution < -0.4 is 0 Å². The highest BCUT2D eigenvalue weighted by molar-refractivity contribution is 5.11. The van der Waals surface area contributed by atoms with E-state index in [1.807, 2.05) is 0 Å². The summed E-state index contributed by atoms with van der Waals surface area (Å²) < 4.78 is 0. The Hall–Kier alpha value is -0.120. The van der Waals surface area contributed by atoms with E-state index in [1.165, 1.54) is 0 Å². The Morgan fingerprint density at radius 1 is 0.387 bits per heavy atom. The first-order chi connectivity index (χ1) is 13.2. The molecule has 0 unspecified atom stereocenters. The fraction of sp³-hybridized carbons (Fsp3) is 0.964. The van der Waals surface area contributed by atoms with Crippen LogP contribution in [0.25, 0.3) is 0 Å². The molecule has 0 rings (SSSR count). The second-order valence-electron chi connectivity index (χ2n) is 15.4. The van der Waals surface area contributed by atoms with Crippen molar-refractivity contribution >= 4 is 0 Å². The van der Waals surface area contributed by atoms with Gasteiger partial charge in [0.05, 0.1) is 0 Å². The molecule has 3 nitrogen and oxygen atoms in total. The maximum atomic E-state index is 4.43. The Bertz CT molecular complexity index is 441. The van der Waals surface area contributed by atoms with Crippen LogP contribution in [0.5, 0.6) is 0 Å². The van der Waals surface area contributed by atoms with Crippen molar-refractivity contribution in [2.75, 3.05) is 0 Å². The molecule has 0 aliphatic carbocycles. The van der Waals surface area contributed by atoms with Crippen molar-refractivity contribution in [1.29, 1.82) is 0 Å². The molecule has 0 saturated carbocycles. The molecule has 0 bridgehead atoms. The van der Waals surface area contributed by atoms with Crippen molar-refractivity contribution in [3.63, 3.8) is 0 Å².